The molecular weight excluding hydrogens is 106 g/mol. The van der Waals surface area contributed by atoms with Gasteiger partial charge in [0.25, 0.3) is 0 Å². The SMILES string of the molecule is CCCNC(O)[C]=O. The maximum absolute atomic E-state index is 9.57. The molecule has 0 fully saturated rings. The normalized spacial score (nSPS) is 13.2. The van der Waals surface area contributed by atoms with Crippen molar-refractivity contribution in [3.05, 3.63) is 0 Å². The minimum absolute atomic E-state index is 0.649. The molecule has 8 heavy (non-hydrogen) atoms. The summed E-state index contributed by atoms with van der Waals surface area (Å²) < 4.78 is 0. The van der Waals surface area contributed by atoms with Gasteiger partial charge in [0.1, 0.15) is 0 Å². The van der Waals surface area contributed by atoms with Crippen LogP contribution in [0.2, 0.25) is 0 Å². The molecule has 0 aliphatic heterocycles. The van der Waals surface area contributed by atoms with Gasteiger partial charge >= 0.3 is 0 Å². The van der Waals surface area contributed by atoms with E-state index < -0.39 is 6.23 Å². The van der Waals surface area contributed by atoms with Gasteiger partial charge in [0.05, 0.1) is 0 Å². The van der Waals surface area contributed by atoms with Crippen molar-refractivity contribution in [3.8, 4) is 0 Å². The van der Waals surface area contributed by atoms with Crippen LogP contribution in [0.1, 0.15) is 13.3 Å². The highest BCUT2D eigenvalue weighted by molar-refractivity contribution is 5.55. The largest absolute Gasteiger partial charge is 0.371 e. The number of nitrogens with one attached hydrogen (secondary N) is 1. The Kier molecular flexibility index (Phi) is 4.50. The Morgan fingerprint density at radius 3 is 2.88 bits per heavy atom. The summed E-state index contributed by atoms with van der Waals surface area (Å²) in [4.78, 5) is 9.57. The van der Waals surface area contributed by atoms with Crippen LogP contribution in [0.3, 0.4) is 0 Å². The molecule has 1 atom stereocenters. The summed E-state index contributed by atoms with van der Waals surface area (Å²) in [7, 11) is 0. The molecule has 0 aliphatic rings. The summed E-state index contributed by atoms with van der Waals surface area (Å²) in [6.07, 6.45) is 1.19. The molecule has 0 amide bonds. The van der Waals surface area contributed by atoms with E-state index in [1.54, 1.807) is 0 Å². The van der Waals surface area contributed by atoms with Crippen LogP contribution >= 0.6 is 0 Å². The van der Waals surface area contributed by atoms with E-state index in [4.69, 9.17) is 5.11 Å². The Balaban J connectivity index is 2.98. The smallest absolute Gasteiger partial charge is 0.245 e. The molecule has 0 heterocycles. The predicted molar refractivity (Wildman–Crippen MR) is 30.0 cm³/mol. The van der Waals surface area contributed by atoms with Crippen molar-refractivity contribution in [2.45, 2.75) is 19.6 Å². The van der Waals surface area contributed by atoms with Crippen molar-refractivity contribution in [2.24, 2.45) is 0 Å². The van der Waals surface area contributed by atoms with Gasteiger partial charge < -0.3 is 5.11 Å². The van der Waals surface area contributed by atoms with Crippen molar-refractivity contribution >= 4 is 6.29 Å². The third kappa shape index (κ3) is 3.77. The fourth-order valence-corrected chi connectivity index (χ4v) is 0.323. The molecule has 3 nitrogen and oxygen atoms in total. The summed E-state index contributed by atoms with van der Waals surface area (Å²) in [6, 6.07) is 0. The highest BCUT2D eigenvalue weighted by Crippen LogP contribution is 1.71. The molecule has 2 N–H and O–H groups in total. The minimum atomic E-state index is -1.10. The Morgan fingerprint density at radius 1 is 1.88 bits per heavy atom. The first-order valence-electron chi connectivity index (χ1n) is 2.60. The zero-order valence-corrected chi connectivity index (χ0v) is 4.85. The van der Waals surface area contributed by atoms with E-state index in [1.807, 2.05) is 6.92 Å². The molecule has 0 bridgehead atoms. The van der Waals surface area contributed by atoms with Crippen LogP contribution in [0.25, 0.3) is 0 Å². The lowest BCUT2D eigenvalue weighted by atomic mass is 10.5. The van der Waals surface area contributed by atoms with Gasteiger partial charge in [-0.05, 0) is 13.0 Å². The first kappa shape index (κ1) is 7.59. The van der Waals surface area contributed by atoms with Gasteiger partial charge in [-0.3, -0.25) is 10.1 Å². The molecule has 0 saturated heterocycles. The van der Waals surface area contributed by atoms with Crippen molar-refractivity contribution in [2.75, 3.05) is 6.54 Å². The second-order valence-electron chi connectivity index (χ2n) is 1.47. The predicted octanol–water partition coefficient (Wildman–Crippen LogP) is -0.586. The Labute approximate surface area is 48.7 Å². The molecule has 47 valence electrons. The number of aliphatic hydroxyl groups excluding tert-OH is 1. The summed E-state index contributed by atoms with van der Waals surface area (Å²) in [6.45, 7) is 2.60. The van der Waals surface area contributed by atoms with Crippen molar-refractivity contribution in [1.82, 2.24) is 5.32 Å². The van der Waals surface area contributed by atoms with Crippen LogP contribution in [-0.4, -0.2) is 24.2 Å². The third-order valence-corrected chi connectivity index (χ3v) is 0.699. The first-order chi connectivity index (χ1) is 3.81. The number of carbonyl (C=O) groups excluding carboxylic acids is 1. The summed E-state index contributed by atoms with van der Waals surface area (Å²) in [5.74, 6) is 0. The van der Waals surface area contributed by atoms with Crippen LogP contribution in [0.4, 0.5) is 0 Å². The Bertz CT molecular complexity index is 65.4. The van der Waals surface area contributed by atoms with Crippen LogP contribution in [0.5, 0.6) is 0 Å². The molecule has 0 saturated carbocycles. The van der Waals surface area contributed by atoms with E-state index in [9.17, 15) is 4.79 Å². The van der Waals surface area contributed by atoms with Crippen LogP contribution in [0.15, 0.2) is 0 Å². The fraction of sp³-hybridized carbons (Fsp3) is 0.800. The molecule has 0 aliphatic carbocycles. The van der Waals surface area contributed by atoms with Crippen LogP contribution in [0, 0.1) is 0 Å². The van der Waals surface area contributed by atoms with E-state index in [0.29, 0.717) is 6.54 Å². The van der Waals surface area contributed by atoms with Gasteiger partial charge in [-0.25, -0.2) is 0 Å². The second-order valence-corrected chi connectivity index (χ2v) is 1.47. The lowest BCUT2D eigenvalue weighted by molar-refractivity contribution is 0.197. The maximum Gasteiger partial charge on any atom is 0.245 e. The van der Waals surface area contributed by atoms with Crippen molar-refractivity contribution < 1.29 is 9.90 Å². The number of aliphatic hydroxyl groups is 1. The lowest BCUT2D eigenvalue weighted by Gasteiger charge is -2.00. The van der Waals surface area contributed by atoms with Gasteiger partial charge in [0.2, 0.25) is 6.29 Å². The Morgan fingerprint density at radius 2 is 2.50 bits per heavy atom. The summed E-state index contributed by atoms with van der Waals surface area (Å²) in [5.41, 5.74) is 0. The molecular formula is C5H10NO2. The Hall–Kier alpha value is -0.410. The number of hydrogen-bond donors (Lipinski definition) is 2. The van der Waals surface area contributed by atoms with Gasteiger partial charge in [-0.1, -0.05) is 6.92 Å². The molecule has 1 radical (unpaired) electrons. The third-order valence-electron chi connectivity index (χ3n) is 0.699. The van der Waals surface area contributed by atoms with Gasteiger partial charge in [-0.2, -0.15) is 0 Å². The summed E-state index contributed by atoms with van der Waals surface area (Å²) in [5, 5.41) is 11.0. The molecule has 3 heteroatoms. The number of hydrogen-bond acceptors (Lipinski definition) is 3. The lowest BCUT2D eigenvalue weighted by Crippen LogP contribution is -2.30. The first-order valence-corrected chi connectivity index (χ1v) is 2.60. The highest BCUT2D eigenvalue weighted by Gasteiger charge is 1.96. The van der Waals surface area contributed by atoms with Gasteiger partial charge in [-0.15, -0.1) is 0 Å². The van der Waals surface area contributed by atoms with E-state index >= 15 is 0 Å². The van der Waals surface area contributed by atoms with Crippen molar-refractivity contribution in [3.63, 3.8) is 0 Å². The van der Waals surface area contributed by atoms with E-state index in [1.165, 1.54) is 6.29 Å². The molecule has 1 unspecified atom stereocenters. The topological polar surface area (TPSA) is 49.3 Å². The van der Waals surface area contributed by atoms with Crippen molar-refractivity contribution in [1.29, 1.82) is 0 Å². The maximum atomic E-state index is 9.57. The van der Waals surface area contributed by atoms with Crippen LogP contribution in [-0.2, 0) is 4.79 Å². The average Bonchev–Trinajstić information content (AvgIpc) is 1.83. The van der Waals surface area contributed by atoms with Gasteiger partial charge in [0.15, 0.2) is 6.23 Å². The monoisotopic (exact) mass is 116 g/mol. The standard InChI is InChI=1S/C5H10NO2/c1-2-3-6-5(8)4-7/h5-6,8H,2-3H2,1H3. The average molecular weight is 116 g/mol. The second kappa shape index (κ2) is 4.74. The quantitative estimate of drug-likeness (QED) is 0.483. The fourth-order valence-electron chi connectivity index (χ4n) is 0.323. The minimum Gasteiger partial charge on any atom is -0.371 e. The number of rotatable bonds is 4. The molecule has 0 rings (SSSR count). The van der Waals surface area contributed by atoms with E-state index in [0.717, 1.165) is 6.42 Å². The van der Waals surface area contributed by atoms with Crippen LogP contribution < -0.4 is 5.32 Å². The molecule has 0 aromatic carbocycles. The van der Waals surface area contributed by atoms with E-state index in [2.05, 4.69) is 5.32 Å². The zero-order chi connectivity index (χ0) is 6.41. The van der Waals surface area contributed by atoms with Gasteiger partial charge in [0, 0.05) is 0 Å². The molecule has 0 spiro atoms. The zero-order valence-electron chi connectivity index (χ0n) is 4.85. The molecule has 0 aromatic heterocycles. The summed E-state index contributed by atoms with van der Waals surface area (Å²) >= 11 is 0. The highest BCUT2D eigenvalue weighted by atomic mass is 16.3. The molecule has 0 aromatic rings. The van der Waals surface area contributed by atoms with E-state index in [-0.39, 0.29) is 0 Å².